The number of hydrogen-bond acceptors (Lipinski definition) is 2. The predicted molar refractivity (Wildman–Crippen MR) is 72.0 cm³/mol. The molecule has 5 heteroatoms. The second-order valence-corrected chi connectivity index (χ2v) is 7.53. The van der Waals surface area contributed by atoms with Crippen LogP contribution in [0.25, 0.3) is 0 Å². The van der Waals surface area contributed by atoms with Crippen LogP contribution < -0.4 is 4.89 Å². The molecule has 0 aliphatic rings. The Hall–Kier alpha value is 0.110. The van der Waals surface area contributed by atoms with Gasteiger partial charge in [-0.25, -0.2) is 0 Å². The van der Waals surface area contributed by atoms with Crippen LogP contribution in [0.5, 0.6) is 0 Å². The average molecular weight is 267 g/mol. The summed E-state index contributed by atoms with van der Waals surface area (Å²) < 4.78 is 11.3. The van der Waals surface area contributed by atoms with E-state index >= 15 is 0 Å². The maximum atomic E-state index is 10.3. The van der Waals surface area contributed by atoms with E-state index in [1.54, 1.807) is 0 Å². The van der Waals surface area contributed by atoms with Crippen molar-refractivity contribution in [2.75, 3.05) is 34.4 Å². The molecule has 0 bridgehead atoms. The maximum Gasteiger partial charge on any atom is 0.132 e. The van der Waals surface area contributed by atoms with E-state index < -0.39 is 7.60 Å². The first-order valence-corrected chi connectivity index (χ1v) is 8.14. The minimum absolute atomic E-state index is 0.0564. The summed E-state index contributed by atoms with van der Waals surface area (Å²) in [4.78, 5) is 18.7. The lowest BCUT2D eigenvalue weighted by molar-refractivity contribution is -0.849. The zero-order valence-electron chi connectivity index (χ0n) is 12.1. The topological polar surface area (TPSA) is 60.4 Å². The third-order valence-electron chi connectivity index (χ3n) is 1.79. The van der Waals surface area contributed by atoms with Crippen LogP contribution in [0.4, 0.5) is 0 Å². The summed E-state index contributed by atoms with van der Waals surface area (Å²) in [6, 6.07) is 0. The Morgan fingerprint density at radius 2 is 1.35 bits per heavy atom. The molecule has 0 radical (unpaired) electrons. The van der Waals surface area contributed by atoms with Crippen LogP contribution in [-0.4, -0.2) is 43.7 Å². The molecular formula is C12H30NO3P. The summed E-state index contributed by atoms with van der Waals surface area (Å²) in [5, 5.41) is 0. The lowest BCUT2D eigenvalue weighted by Gasteiger charge is -2.14. The van der Waals surface area contributed by atoms with Gasteiger partial charge in [0.2, 0.25) is 0 Å². The fourth-order valence-corrected chi connectivity index (χ4v) is 1.72. The highest BCUT2D eigenvalue weighted by Crippen LogP contribution is 2.30. The Balaban J connectivity index is 0. The third kappa shape index (κ3) is 38.6. The fourth-order valence-electron chi connectivity index (χ4n) is 1.09. The van der Waals surface area contributed by atoms with Gasteiger partial charge in [-0.15, -0.1) is 0 Å². The molecule has 0 rings (SSSR count). The second-order valence-electron chi connectivity index (χ2n) is 5.81. The average Bonchev–Trinajstić information content (AvgIpc) is 2.06. The molecule has 0 heterocycles. The highest BCUT2D eigenvalue weighted by molar-refractivity contribution is 7.50. The molecule has 1 N–H and O–H groups in total. The lowest BCUT2D eigenvalue weighted by Crippen LogP contribution is -2.27. The van der Waals surface area contributed by atoms with Crippen LogP contribution >= 0.6 is 7.60 Å². The van der Waals surface area contributed by atoms with Gasteiger partial charge in [0, 0.05) is 6.16 Å². The van der Waals surface area contributed by atoms with E-state index in [1.807, 2.05) is 0 Å². The first-order chi connectivity index (χ1) is 7.56. The van der Waals surface area contributed by atoms with E-state index in [0.717, 1.165) is 17.3 Å². The standard InChI is InChI=1S/C8H19O3P.C4H12N/c1-2-3-4-5-6-7-8-12(9,10)11;1-5(2,3)4/h2-8H2,1H3,(H2,9,10,11);1-4H3/q;+1/p-1. The minimum atomic E-state index is -3.97. The van der Waals surface area contributed by atoms with E-state index in [0.29, 0.717) is 6.42 Å². The first kappa shape index (κ1) is 19.4. The molecule has 0 aromatic carbocycles. The van der Waals surface area contributed by atoms with Crippen LogP contribution in [0.15, 0.2) is 0 Å². The molecule has 0 amide bonds. The van der Waals surface area contributed by atoms with Crippen molar-refractivity contribution >= 4 is 7.60 Å². The molecule has 0 saturated carbocycles. The maximum absolute atomic E-state index is 10.3. The predicted octanol–water partition coefficient (Wildman–Crippen LogP) is 2.21. The van der Waals surface area contributed by atoms with E-state index in [2.05, 4.69) is 35.1 Å². The SMILES string of the molecule is CCCCCCCCP(=O)([O-])O.C[N+](C)(C)C. The van der Waals surface area contributed by atoms with Crippen molar-refractivity contribution in [3.63, 3.8) is 0 Å². The molecule has 0 spiro atoms. The van der Waals surface area contributed by atoms with Crippen LogP contribution in [0.2, 0.25) is 0 Å². The summed E-state index contributed by atoms with van der Waals surface area (Å²) in [5.74, 6) is 0. The third-order valence-corrected chi connectivity index (χ3v) is 2.68. The van der Waals surface area contributed by atoms with Gasteiger partial charge in [-0.05, 0) is 6.42 Å². The zero-order chi connectivity index (χ0) is 13.9. The normalized spacial score (nSPS) is 14.8. The van der Waals surface area contributed by atoms with Gasteiger partial charge in [0.05, 0.1) is 28.2 Å². The molecule has 17 heavy (non-hydrogen) atoms. The Morgan fingerprint density at radius 1 is 1.00 bits per heavy atom. The van der Waals surface area contributed by atoms with Crippen molar-refractivity contribution < 1.29 is 18.8 Å². The van der Waals surface area contributed by atoms with Gasteiger partial charge in [-0.2, -0.15) is 0 Å². The van der Waals surface area contributed by atoms with Crippen molar-refractivity contribution in [2.45, 2.75) is 45.4 Å². The molecule has 1 unspecified atom stereocenters. The lowest BCUT2D eigenvalue weighted by atomic mass is 10.1. The number of unbranched alkanes of at least 4 members (excludes halogenated alkanes) is 5. The summed E-state index contributed by atoms with van der Waals surface area (Å²) in [5.41, 5.74) is 0. The largest absolute Gasteiger partial charge is 0.779 e. The van der Waals surface area contributed by atoms with Crippen LogP contribution in [0.3, 0.4) is 0 Å². The fraction of sp³-hybridized carbons (Fsp3) is 1.00. The molecule has 0 aliphatic heterocycles. The molecule has 0 aromatic heterocycles. The molecule has 106 valence electrons. The van der Waals surface area contributed by atoms with Crippen LogP contribution in [-0.2, 0) is 4.57 Å². The molecule has 0 aromatic rings. The van der Waals surface area contributed by atoms with Gasteiger partial charge in [0.15, 0.2) is 0 Å². The quantitative estimate of drug-likeness (QED) is 0.437. The first-order valence-electron chi connectivity index (χ1n) is 6.38. The highest BCUT2D eigenvalue weighted by Gasteiger charge is 2.00. The molecule has 0 aliphatic carbocycles. The van der Waals surface area contributed by atoms with Crippen molar-refractivity contribution in [3.8, 4) is 0 Å². The van der Waals surface area contributed by atoms with Crippen LogP contribution in [0, 0.1) is 0 Å². The summed E-state index contributed by atoms with van der Waals surface area (Å²) >= 11 is 0. The van der Waals surface area contributed by atoms with Gasteiger partial charge in [0.25, 0.3) is 0 Å². The minimum Gasteiger partial charge on any atom is -0.779 e. The Labute approximate surface area is 107 Å². The van der Waals surface area contributed by atoms with Crippen molar-refractivity contribution in [3.05, 3.63) is 0 Å². The van der Waals surface area contributed by atoms with Crippen molar-refractivity contribution in [1.29, 1.82) is 0 Å². The molecule has 4 nitrogen and oxygen atoms in total. The number of hydrogen-bond donors (Lipinski definition) is 1. The molecule has 1 atom stereocenters. The van der Waals surface area contributed by atoms with E-state index in [4.69, 9.17) is 4.89 Å². The molecular weight excluding hydrogens is 237 g/mol. The van der Waals surface area contributed by atoms with Gasteiger partial charge in [-0.3, -0.25) is 0 Å². The van der Waals surface area contributed by atoms with Gasteiger partial charge in [0.1, 0.15) is 7.60 Å². The van der Waals surface area contributed by atoms with Gasteiger partial charge >= 0.3 is 0 Å². The van der Waals surface area contributed by atoms with Crippen molar-refractivity contribution in [1.82, 2.24) is 0 Å². The highest BCUT2D eigenvalue weighted by atomic mass is 31.2. The van der Waals surface area contributed by atoms with Gasteiger partial charge in [-0.1, -0.05) is 39.0 Å². The van der Waals surface area contributed by atoms with E-state index in [1.165, 1.54) is 19.3 Å². The van der Waals surface area contributed by atoms with Crippen molar-refractivity contribution in [2.24, 2.45) is 0 Å². The Kier molecular flexibility index (Phi) is 11.5. The number of rotatable bonds is 7. The number of quaternary nitrogens is 1. The van der Waals surface area contributed by atoms with E-state index in [9.17, 15) is 9.46 Å². The smallest absolute Gasteiger partial charge is 0.132 e. The molecule has 0 saturated heterocycles. The van der Waals surface area contributed by atoms with Gasteiger partial charge < -0.3 is 18.8 Å². The Bertz CT molecular complexity index is 202. The summed E-state index contributed by atoms with van der Waals surface area (Å²) in [7, 11) is 4.53. The van der Waals surface area contributed by atoms with E-state index in [-0.39, 0.29) is 6.16 Å². The zero-order valence-corrected chi connectivity index (χ0v) is 13.0. The number of nitrogens with zero attached hydrogens (tertiary/aromatic N) is 1. The monoisotopic (exact) mass is 267 g/mol. The summed E-state index contributed by atoms with van der Waals surface area (Å²) in [6.07, 6.45) is 6.11. The molecule has 0 fully saturated rings. The van der Waals surface area contributed by atoms with Crippen LogP contribution in [0.1, 0.15) is 45.4 Å². The summed E-state index contributed by atoms with van der Waals surface area (Å²) in [6.45, 7) is 2.14. The second kappa shape index (κ2) is 10.1. The Morgan fingerprint density at radius 3 is 1.71 bits per heavy atom.